The van der Waals surface area contributed by atoms with E-state index in [4.69, 9.17) is 4.74 Å². The number of esters is 3. The second kappa shape index (κ2) is 12.0. The maximum Gasteiger partial charge on any atom is 0.428 e. The maximum atomic E-state index is 12.9. The molecule has 0 spiro atoms. The van der Waals surface area contributed by atoms with Crippen molar-refractivity contribution in [2.45, 2.75) is 50.7 Å². The van der Waals surface area contributed by atoms with Gasteiger partial charge in [0, 0.05) is 12.8 Å². The summed E-state index contributed by atoms with van der Waals surface area (Å²) < 4.78 is 70.6. The first-order chi connectivity index (χ1) is 16.3. The summed E-state index contributed by atoms with van der Waals surface area (Å²) in [6.45, 7) is 2.75. The molecule has 0 saturated carbocycles. The Labute approximate surface area is 201 Å². The molecule has 192 valence electrons. The van der Waals surface area contributed by atoms with Crippen molar-refractivity contribution < 1.29 is 50.3 Å². The van der Waals surface area contributed by atoms with Crippen LogP contribution in [0.15, 0.2) is 36.4 Å². The van der Waals surface area contributed by atoms with E-state index in [9.17, 15) is 36.1 Å². The molecule has 2 aromatic rings. The average molecular weight is 516 g/mol. The number of carbonyl (C=O) groups excluding carboxylic acids is 3. The molecule has 0 aliphatic heterocycles. The molecule has 0 radical (unpaired) electrons. The van der Waals surface area contributed by atoms with Gasteiger partial charge in [0.15, 0.2) is 10.1 Å². The van der Waals surface area contributed by atoms with Gasteiger partial charge in [-0.3, -0.25) is 9.59 Å². The Balaban J connectivity index is 1.71. The molecule has 2 aromatic carbocycles. The van der Waals surface area contributed by atoms with Crippen molar-refractivity contribution in [1.29, 1.82) is 0 Å². The highest BCUT2D eigenvalue weighted by Gasteiger charge is 2.48. The first-order valence-corrected chi connectivity index (χ1v) is 12.2. The predicted octanol–water partition coefficient (Wildman–Crippen LogP) is 3.65. The number of rotatable bonds is 12. The zero-order valence-electron chi connectivity index (χ0n) is 19.1. The van der Waals surface area contributed by atoms with Crippen LogP contribution in [0.1, 0.15) is 51.0 Å². The van der Waals surface area contributed by atoms with Crippen LogP contribution in [0.25, 0.3) is 10.8 Å². The molecule has 0 aromatic heterocycles. The maximum absolute atomic E-state index is 12.9. The molecule has 0 bridgehead atoms. The Hall–Kier alpha value is -3.12. The lowest BCUT2D eigenvalue weighted by atomic mass is 9.96. The second-order valence-electron chi connectivity index (χ2n) is 7.73. The van der Waals surface area contributed by atoms with Gasteiger partial charge in [0.05, 0.1) is 0 Å². The third kappa shape index (κ3) is 7.96. The van der Waals surface area contributed by atoms with Gasteiger partial charge in [0.2, 0.25) is 0 Å². The van der Waals surface area contributed by atoms with Crippen LogP contribution in [-0.4, -0.2) is 49.3 Å². The Morgan fingerprint density at radius 1 is 0.971 bits per heavy atom. The van der Waals surface area contributed by atoms with Crippen LogP contribution in [0.5, 0.6) is 5.75 Å². The summed E-state index contributed by atoms with van der Waals surface area (Å²) in [5.41, 5.74) is 1.23. The van der Waals surface area contributed by atoms with E-state index in [1.54, 1.807) is 12.1 Å². The number of benzene rings is 2. The smallest absolute Gasteiger partial charge is 0.428 e. The van der Waals surface area contributed by atoms with E-state index in [0.29, 0.717) is 11.7 Å². The van der Waals surface area contributed by atoms with E-state index in [1.807, 2.05) is 18.2 Å². The monoisotopic (exact) mass is 515 g/mol. The normalized spacial score (nSPS) is 12.7. The van der Waals surface area contributed by atoms with E-state index < -0.39 is 46.5 Å². The van der Waals surface area contributed by atoms with Gasteiger partial charge in [0.1, 0.15) is 19.0 Å². The third-order valence-electron chi connectivity index (χ3n) is 5.14. The van der Waals surface area contributed by atoms with Crippen molar-refractivity contribution in [3.63, 3.8) is 0 Å². The third-order valence-corrected chi connectivity index (χ3v) is 5.94. The number of fused-ring (bicyclic) bond motifs is 1. The van der Waals surface area contributed by atoms with Crippen molar-refractivity contribution in [2.75, 3.05) is 13.2 Å². The minimum atomic E-state index is -6.22. The first-order valence-electron chi connectivity index (χ1n) is 10.8. The van der Waals surface area contributed by atoms with Crippen molar-refractivity contribution in [2.24, 2.45) is 0 Å². The lowest BCUT2D eigenvalue weighted by Gasteiger charge is -2.17. The fourth-order valence-electron chi connectivity index (χ4n) is 2.96. The topological polar surface area (TPSA) is 136 Å². The van der Waals surface area contributed by atoms with Crippen LogP contribution < -0.4 is 4.74 Å². The summed E-state index contributed by atoms with van der Waals surface area (Å²) >= 11 is 0. The number of ether oxygens (including phenoxy) is 3. The van der Waals surface area contributed by atoms with E-state index in [2.05, 4.69) is 29.4 Å². The van der Waals surface area contributed by atoms with E-state index >= 15 is 0 Å². The van der Waals surface area contributed by atoms with Crippen molar-refractivity contribution >= 4 is 38.8 Å². The van der Waals surface area contributed by atoms with Gasteiger partial charge < -0.3 is 18.8 Å². The fraction of sp³-hybridized carbons (Fsp3) is 0.435. The van der Waals surface area contributed by atoms with Gasteiger partial charge in [-0.05, 0) is 47.2 Å². The number of carbonyl (C=O) groups is 3. The average Bonchev–Trinajstić information content (AvgIpc) is 2.80. The van der Waals surface area contributed by atoms with E-state index in [-0.39, 0.29) is 19.3 Å². The molecule has 12 heteroatoms. The fourth-order valence-corrected chi connectivity index (χ4v) is 3.22. The molecule has 2 rings (SSSR count). The van der Waals surface area contributed by atoms with Crippen LogP contribution in [0.2, 0.25) is 0 Å². The number of halogens is 2. The Morgan fingerprint density at radius 3 is 2.23 bits per heavy atom. The van der Waals surface area contributed by atoms with E-state index in [1.165, 1.54) is 5.56 Å². The number of alkyl halides is 2. The zero-order valence-corrected chi connectivity index (χ0v) is 19.9. The summed E-state index contributed by atoms with van der Waals surface area (Å²) in [4.78, 5) is 34.6. The van der Waals surface area contributed by atoms with Crippen LogP contribution >= 0.6 is 0 Å². The number of hydrogen-bond acceptors (Lipinski definition) is 9. The first kappa shape index (κ1) is 28.1. The van der Waals surface area contributed by atoms with Gasteiger partial charge in [0.25, 0.3) is 0 Å². The predicted molar refractivity (Wildman–Crippen MR) is 119 cm³/mol. The van der Waals surface area contributed by atoms with Gasteiger partial charge in [-0.2, -0.15) is 8.78 Å². The molecule has 0 aliphatic rings. The molecular weight excluding hydrogens is 490 g/mol. The molecular formula is C23H25F2O9S-. The molecule has 9 nitrogen and oxygen atoms in total. The summed E-state index contributed by atoms with van der Waals surface area (Å²) in [5, 5.41) is -3.30. The molecule has 1 atom stereocenters. The number of hydrogen-bond donors (Lipinski definition) is 0. The van der Waals surface area contributed by atoms with Gasteiger partial charge in [-0.25, -0.2) is 13.2 Å². The van der Waals surface area contributed by atoms with Crippen LogP contribution in [0, 0.1) is 0 Å². The van der Waals surface area contributed by atoms with Crippen molar-refractivity contribution in [3.8, 4) is 5.75 Å². The Kier molecular flexibility index (Phi) is 9.66. The molecule has 1 unspecified atom stereocenters. The standard InChI is InChI=1S/C23H26F2O9S/c1-3-15(2)16-7-8-18-14-19(10-9-17(18)13-16)34-21(27)6-4-5-20(26)32-11-12-33-22(28)23(24,25)35(29,30)31/h7-10,13-15H,3-6,11-12H2,1-2H3,(H,29,30,31)/p-1. The highest BCUT2D eigenvalue weighted by Crippen LogP contribution is 2.27. The second-order valence-corrected chi connectivity index (χ2v) is 9.15. The Bertz CT molecular complexity index is 1180. The van der Waals surface area contributed by atoms with Crippen LogP contribution in [0.4, 0.5) is 8.78 Å². The summed E-state index contributed by atoms with van der Waals surface area (Å²) in [5.74, 6) is -3.13. The summed E-state index contributed by atoms with van der Waals surface area (Å²) in [6, 6.07) is 11.4. The van der Waals surface area contributed by atoms with Crippen molar-refractivity contribution in [3.05, 3.63) is 42.0 Å². The molecule has 0 aliphatic carbocycles. The lowest BCUT2D eigenvalue weighted by Crippen LogP contribution is -2.39. The van der Waals surface area contributed by atoms with Gasteiger partial charge in [-0.15, -0.1) is 0 Å². The van der Waals surface area contributed by atoms with Crippen molar-refractivity contribution in [1.82, 2.24) is 0 Å². The highest BCUT2D eigenvalue weighted by atomic mass is 32.2. The van der Waals surface area contributed by atoms with E-state index in [0.717, 1.165) is 17.2 Å². The molecule has 0 saturated heterocycles. The molecule has 0 N–H and O–H groups in total. The van der Waals surface area contributed by atoms with Crippen LogP contribution in [0.3, 0.4) is 0 Å². The molecule has 35 heavy (non-hydrogen) atoms. The molecule has 0 heterocycles. The minimum absolute atomic E-state index is 0.0792. The highest BCUT2D eigenvalue weighted by molar-refractivity contribution is 7.87. The zero-order chi connectivity index (χ0) is 26.2. The quantitative estimate of drug-likeness (QED) is 0.179. The molecule has 0 amide bonds. The SMILES string of the molecule is CCC(C)c1ccc2cc(OC(=O)CCCC(=O)OCCOC(=O)C(F)(F)S(=O)(=O)[O-])ccc2c1. The summed E-state index contributed by atoms with van der Waals surface area (Å²) in [6.07, 6.45) is 0.804. The summed E-state index contributed by atoms with van der Waals surface area (Å²) in [7, 11) is -6.22. The van der Waals surface area contributed by atoms with Crippen LogP contribution in [-0.2, 0) is 34.0 Å². The van der Waals surface area contributed by atoms with Gasteiger partial charge >= 0.3 is 23.2 Å². The van der Waals surface area contributed by atoms with Gasteiger partial charge in [-0.1, -0.05) is 38.1 Å². The lowest BCUT2D eigenvalue weighted by molar-refractivity contribution is -0.165. The largest absolute Gasteiger partial charge is 0.743 e. The Morgan fingerprint density at radius 2 is 1.57 bits per heavy atom. The minimum Gasteiger partial charge on any atom is -0.743 e. The molecule has 0 fully saturated rings.